The highest BCUT2D eigenvalue weighted by atomic mass is 127. The van der Waals surface area contributed by atoms with Gasteiger partial charge in [0.2, 0.25) is 0 Å². The molecule has 1 aromatic heterocycles. The molecule has 0 radical (unpaired) electrons. The van der Waals surface area contributed by atoms with Gasteiger partial charge in [-0.15, -0.1) is 0 Å². The van der Waals surface area contributed by atoms with Gasteiger partial charge in [-0.25, -0.2) is 4.79 Å². The summed E-state index contributed by atoms with van der Waals surface area (Å²) < 4.78 is 6.13. The quantitative estimate of drug-likeness (QED) is 0.662. The molecule has 0 saturated heterocycles. The number of halogens is 1. The van der Waals surface area contributed by atoms with Crippen LogP contribution in [0.1, 0.15) is 24.2 Å². The molecule has 5 heteroatoms. The number of aromatic nitrogens is 1. The fourth-order valence-electron chi connectivity index (χ4n) is 1.92. The molecule has 2 aromatic rings. The standard InChI is InChI=1S/C14H15IN2O2/c1-3-16-12-9-6-5-7-11(15)13(9)17-8-10(12)14(18)19-4-2/h5-8H,3-4H2,1-2H3,(H,16,17). The zero-order valence-electron chi connectivity index (χ0n) is 10.9. The Bertz CT molecular complexity index is 614. The number of hydrogen-bond donors (Lipinski definition) is 1. The van der Waals surface area contributed by atoms with Crippen molar-refractivity contribution in [3.63, 3.8) is 0 Å². The number of anilines is 1. The van der Waals surface area contributed by atoms with Crippen LogP contribution in [-0.4, -0.2) is 24.1 Å². The third-order valence-electron chi connectivity index (χ3n) is 2.70. The Kier molecular flexibility index (Phi) is 4.57. The Morgan fingerprint density at radius 1 is 1.42 bits per heavy atom. The molecular weight excluding hydrogens is 355 g/mol. The van der Waals surface area contributed by atoms with Crippen molar-refractivity contribution in [2.45, 2.75) is 13.8 Å². The molecule has 0 saturated carbocycles. The van der Waals surface area contributed by atoms with Gasteiger partial charge >= 0.3 is 5.97 Å². The zero-order chi connectivity index (χ0) is 13.8. The molecular formula is C14H15IN2O2. The van der Waals surface area contributed by atoms with Crippen molar-refractivity contribution in [1.82, 2.24) is 4.98 Å². The molecule has 0 amide bonds. The minimum Gasteiger partial charge on any atom is -0.462 e. The molecule has 2 rings (SSSR count). The van der Waals surface area contributed by atoms with E-state index in [1.54, 1.807) is 13.1 Å². The highest BCUT2D eigenvalue weighted by Crippen LogP contribution is 2.29. The third kappa shape index (κ3) is 2.80. The van der Waals surface area contributed by atoms with E-state index in [1.807, 2.05) is 25.1 Å². The number of carbonyl (C=O) groups is 1. The van der Waals surface area contributed by atoms with Gasteiger partial charge in [0.15, 0.2) is 0 Å². The number of carbonyl (C=O) groups excluding carboxylic acids is 1. The first-order valence-electron chi connectivity index (χ1n) is 6.17. The zero-order valence-corrected chi connectivity index (χ0v) is 13.0. The second-order valence-electron chi connectivity index (χ2n) is 3.93. The van der Waals surface area contributed by atoms with Crippen molar-refractivity contribution in [2.75, 3.05) is 18.5 Å². The number of rotatable bonds is 4. The first-order chi connectivity index (χ1) is 9.19. The van der Waals surface area contributed by atoms with E-state index in [4.69, 9.17) is 4.74 Å². The largest absolute Gasteiger partial charge is 0.462 e. The SMILES string of the molecule is CCNc1c(C(=O)OCC)cnc2c(I)cccc12. The van der Waals surface area contributed by atoms with Gasteiger partial charge in [-0.2, -0.15) is 0 Å². The molecule has 0 fully saturated rings. The molecule has 4 nitrogen and oxygen atoms in total. The maximum Gasteiger partial charge on any atom is 0.341 e. The van der Waals surface area contributed by atoms with Crippen molar-refractivity contribution >= 4 is 45.2 Å². The van der Waals surface area contributed by atoms with Gasteiger partial charge in [0, 0.05) is 21.7 Å². The molecule has 100 valence electrons. The highest BCUT2D eigenvalue weighted by Gasteiger charge is 2.16. The Hall–Kier alpha value is -1.37. The van der Waals surface area contributed by atoms with E-state index in [-0.39, 0.29) is 5.97 Å². The summed E-state index contributed by atoms with van der Waals surface area (Å²) >= 11 is 2.24. The Morgan fingerprint density at radius 2 is 2.21 bits per heavy atom. The molecule has 0 aliphatic heterocycles. The average Bonchev–Trinajstić information content (AvgIpc) is 2.40. The summed E-state index contributed by atoms with van der Waals surface area (Å²) in [5.74, 6) is -0.341. The van der Waals surface area contributed by atoms with Crippen LogP contribution in [0.3, 0.4) is 0 Å². The lowest BCUT2D eigenvalue weighted by Crippen LogP contribution is -2.11. The van der Waals surface area contributed by atoms with Gasteiger partial charge in [-0.3, -0.25) is 4.98 Å². The summed E-state index contributed by atoms with van der Waals surface area (Å²) in [5, 5.41) is 4.19. The van der Waals surface area contributed by atoms with Gasteiger partial charge in [-0.05, 0) is 42.5 Å². The van der Waals surface area contributed by atoms with Crippen molar-refractivity contribution in [2.24, 2.45) is 0 Å². The van der Waals surface area contributed by atoms with E-state index in [0.29, 0.717) is 12.2 Å². The van der Waals surface area contributed by atoms with Crippen LogP contribution in [-0.2, 0) is 4.74 Å². The van der Waals surface area contributed by atoms with Crippen LogP contribution < -0.4 is 5.32 Å². The van der Waals surface area contributed by atoms with E-state index >= 15 is 0 Å². The number of para-hydroxylation sites is 1. The highest BCUT2D eigenvalue weighted by molar-refractivity contribution is 14.1. The molecule has 0 aliphatic carbocycles. The summed E-state index contributed by atoms with van der Waals surface area (Å²) in [7, 11) is 0. The van der Waals surface area contributed by atoms with Gasteiger partial charge in [0.05, 0.1) is 17.8 Å². The van der Waals surface area contributed by atoms with E-state index in [0.717, 1.165) is 26.7 Å². The van der Waals surface area contributed by atoms with Crippen LogP contribution >= 0.6 is 22.6 Å². The van der Waals surface area contributed by atoms with Crippen LogP contribution in [0.2, 0.25) is 0 Å². The summed E-state index contributed by atoms with van der Waals surface area (Å²) in [5.41, 5.74) is 2.18. The Morgan fingerprint density at radius 3 is 2.89 bits per heavy atom. The van der Waals surface area contributed by atoms with Crippen molar-refractivity contribution in [3.8, 4) is 0 Å². The summed E-state index contributed by atoms with van der Waals surface area (Å²) in [4.78, 5) is 16.3. The average molecular weight is 370 g/mol. The van der Waals surface area contributed by atoms with E-state index in [1.165, 1.54) is 0 Å². The predicted molar refractivity (Wildman–Crippen MR) is 84.6 cm³/mol. The Labute approximate surface area is 125 Å². The normalized spacial score (nSPS) is 10.5. The number of nitrogens with zero attached hydrogens (tertiary/aromatic N) is 1. The number of benzene rings is 1. The lowest BCUT2D eigenvalue weighted by Gasteiger charge is -2.13. The minimum atomic E-state index is -0.341. The topological polar surface area (TPSA) is 51.2 Å². The van der Waals surface area contributed by atoms with Gasteiger partial charge in [0.1, 0.15) is 5.56 Å². The van der Waals surface area contributed by atoms with E-state index in [2.05, 4.69) is 32.9 Å². The number of esters is 1. The van der Waals surface area contributed by atoms with Gasteiger partial charge in [-0.1, -0.05) is 12.1 Å². The Balaban J connectivity index is 2.65. The van der Waals surface area contributed by atoms with E-state index in [9.17, 15) is 4.79 Å². The van der Waals surface area contributed by atoms with Crippen LogP contribution in [0.4, 0.5) is 5.69 Å². The first-order valence-corrected chi connectivity index (χ1v) is 7.25. The first kappa shape index (κ1) is 14.0. The van der Waals surface area contributed by atoms with Crippen molar-refractivity contribution in [3.05, 3.63) is 33.5 Å². The molecule has 0 atom stereocenters. The fourth-order valence-corrected chi connectivity index (χ4v) is 2.56. The lowest BCUT2D eigenvalue weighted by molar-refractivity contribution is 0.0527. The number of hydrogen-bond acceptors (Lipinski definition) is 4. The number of fused-ring (bicyclic) bond motifs is 1. The predicted octanol–water partition coefficient (Wildman–Crippen LogP) is 3.45. The minimum absolute atomic E-state index is 0.341. The second kappa shape index (κ2) is 6.18. The number of pyridine rings is 1. The maximum absolute atomic E-state index is 12.0. The number of ether oxygens (including phenoxy) is 1. The van der Waals surface area contributed by atoms with Crippen LogP contribution in [0.5, 0.6) is 0 Å². The van der Waals surface area contributed by atoms with Crippen molar-refractivity contribution in [1.29, 1.82) is 0 Å². The third-order valence-corrected chi connectivity index (χ3v) is 3.57. The fraction of sp³-hybridized carbons (Fsp3) is 0.286. The molecule has 0 bridgehead atoms. The lowest BCUT2D eigenvalue weighted by atomic mass is 10.1. The summed E-state index contributed by atoms with van der Waals surface area (Å²) in [6.07, 6.45) is 1.58. The molecule has 1 N–H and O–H groups in total. The van der Waals surface area contributed by atoms with Gasteiger partial charge in [0.25, 0.3) is 0 Å². The molecule has 0 unspecified atom stereocenters. The van der Waals surface area contributed by atoms with Crippen LogP contribution in [0.15, 0.2) is 24.4 Å². The van der Waals surface area contributed by atoms with E-state index < -0.39 is 0 Å². The second-order valence-corrected chi connectivity index (χ2v) is 5.10. The number of nitrogens with one attached hydrogen (secondary N) is 1. The smallest absolute Gasteiger partial charge is 0.341 e. The molecule has 1 heterocycles. The summed E-state index contributed by atoms with van der Waals surface area (Å²) in [6, 6.07) is 5.92. The summed E-state index contributed by atoms with van der Waals surface area (Å²) in [6.45, 7) is 4.88. The van der Waals surface area contributed by atoms with Gasteiger partial charge < -0.3 is 10.1 Å². The van der Waals surface area contributed by atoms with Crippen LogP contribution in [0, 0.1) is 3.57 Å². The van der Waals surface area contributed by atoms with Crippen molar-refractivity contribution < 1.29 is 9.53 Å². The van der Waals surface area contributed by atoms with Crippen LogP contribution in [0.25, 0.3) is 10.9 Å². The molecule has 19 heavy (non-hydrogen) atoms. The monoisotopic (exact) mass is 370 g/mol. The molecule has 0 spiro atoms. The maximum atomic E-state index is 12.0. The molecule has 0 aliphatic rings. The molecule has 1 aromatic carbocycles.